The number of nitrogens with zero attached hydrogens (tertiary/aromatic N) is 3. The van der Waals surface area contributed by atoms with Gasteiger partial charge in [-0.3, -0.25) is 9.20 Å². The van der Waals surface area contributed by atoms with Crippen LogP contribution < -0.4 is 0 Å². The molecule has 14 heavy (non-hydrogen) atoms. The van der Waals surface area contributed by atoms with E-state index in [9.17, 15) is 4.79 Å². The van der Waals surface area contributed by atoms with Crippen LogP contribution in [-0.2, 0) is 11.2 Å². The van der Waals surface area contributed by atoms with E-state index < -0.39 is 0 Å². The number of aromatic nitrogens is 3. The highest BCUT2D eigenvalue weighted by Crippen LogP contribution is 2.17. The molecule has 0 aromatic carbocycles. The van der Waals surface area contributed by atoms with Gasteiger partial charge in [-0.1, -0.05) is 11.6 Å². The van der Waals surface area contributed by atoms with Gasteiger partial charge in [0.1, 0.15) is 22.9 Å². The van der Waals surface area contributed by atoms with Crippen LogP contribution in [-0.4, -0.2) is 20.2 Å². The molecule has 0 aliphatic carbocycles. The lowest BCUT2D eigenvalue weighted by atomic mass is 10.2. The van der Waals surface area contributed by atoms with Crippen LogP contribution in [0.4, 0.5) is 0 Å². The van der Waals surface area contributed by atoms with Crippen molar-refractivity contribution in [1.82, 2.24) is 14.4 Å². The van der Waals surface area contributed by atoms with E-state index in [-0.39, 0.29) is 12.2 Å². The maximum atomic E-state index is 10.9. The Morgan fingerprint density at radius 3 is 3.07 bits per heavy atom. The largest absolute Gasteiger partial charge is 0.300 e. The van der Waals surface area contributed by atoms with Crippen LogP contribution in [0, 0.1) is 0 Å². The molecule has 0 fully saturated rings. The molecule has 0 unspecified atom stereocenters. The molecule has 0 spiro atoms. The Balaban J connectivity index is 2.57. The zero-order valence-corrected chi connectivity index (χ0v) is 8.32. The highest BCUT2D eigenvalue weighted by molar-refractivity contribution is 6.30. The number of carbonyl (C=O) groups excluding carboxylic acids is 1. The van der Waals surface area contributed by atoms with Crippen LogP contribution in [0.2, 0.25) is 5.15 Å². The highest BCUT2D eigenvalue weighted by atomic mass is 35.5. The SMILES string of the molecule is CC(=O)Cc1nc2ccncn2c1Cl. The molecule has 0 aliphatic rings. The van der Waals surface area contributed by atoms with E-state index in [0.717, 1.165) is 0 Å². The van der Waals surface area contributed by atoms with Gasteiger partial charge >= 0.3 is 0 Å². The summed E-state index contributed by atoms with van der Waals surface area (Å²) in [5.74, 6) is 0.0447. The van der Waals surface area contributed by atoms with Crippen molar-refractivity contribution in [3.8, 4) is 0 Å². The van der Waals surface area contributed by atoms with Crippen LogP contribution in [0.1, 0.15) is 12.6 Å². The minimum Gasteiger partial charge on any atom is -0.300 e. The molecule has 0 atom stereocenters. The van der Waals surface area contributed by atoms with Crippen molar-refractivity contribution >= 4 is 23.0 Å². The standard InChI is InChI=1S/C9H8ClN3O/c1-6(14)4-7-9(10)13-5-11-3-2-8(13)12-7/h2-3,5H,4H2,1H3. The van der Waals surface area contributed by atoms with Crippen LogP contribution >= 0.6 is 11.6 Å². The second kappa shape index (κ2) is 3.38. The number of fused-ring (bicyclic) bond motifs is 1. The van der Waals surface area contributed by atoms with Gasteiger partial charge in [-0.2, -0.15) is 0 Å². The number of rotatable bonds is 2. The first-order valence-corrected chi connectivity index (χ1v) is 4.52. The van der Waals surface area contributed by atoms with E-state index in [1.54, 1.807) is 23.0 Å². The quantitative estimate of drug-likeness (QED) is 0.754. The Labute approximate surface area is 85.5 Å². The normalized spacial score (nSPS) is 10.7. The van der Waals surface area contributed by atoms with E-state index in [1.165, 1.54) is 6.92 Å². The van der Waals surface area contributed by atoms with E-state index in [4.69, 9.17) is 11.6 Å². The summed E-state index contributed by atoms with van der Waals surface area (Å²) in [6, 6.07) is 1.75. The Hall–Kier alpha value is -1.42. The summed E-state index contributed by atoms with van der Waals surface area (Å²) < 4.78 is 1.65. The molecule has 2 aromatic rings. The molecule has 5 heteroatoms. The third-order valence-electron chi connectivity index (χ3n) is 1.85. The van der Waals surface area contributed by atoms with Crippen molar-refractivity contribution < 1.29 is 4.79 Å². The molecule has 2 heterocycles. The van der Waals surface area contributed by atoms with Crippen molar-refractivity contribution in [2.75, 3.05) is 0 Å². The average molecular weight is 210 g/mol. The minimum absolute atomic E-state index is 0.0447. The number of ketones is 1. The number of hydrogen-bond donors (Lipinski definition) is 0. The predicted molar refractivity (Wildman–Crippen MR) is 52.4 cm³/mol. The first kappa shape index (κ1) is 9.15. The lowest BCUT2D eigenvalue weighted by molar-refractivity contribution is -0.116. The lowest BCUT2D eigenvalue weighted by Crippen LogP contribution is -1.97. The van der Waals surface area contributed by atoms with Gasteiger partial charge in [0.2, 0.25) is 0 Å². The van der Waals surface area contributed by atoms with Gasteiger partial charge in [0, 0.05) is 6.20 Å². The fourth-order valence-corrected chi connectivity index (χ4v) is 1.51. The van der Waals surface area contributed by atoms with Crippen LogP contribution in [0.25, 0.3) is 5.65 Å². The van der Waals surface area contributed by atoms with Crippen LogP contribution in [0.5, 0.6) is 0 Å². The Morgan fingerprint density at radius 2 is 2.43 bits per heavy atom. The van der Waals surface area contributed by atoms with Crippen molar-refractivity contribution in [2.24, 2.45) is 0 Å². The molecule has 0 N–H and O–H groups in total. The second-order valence-corrected chi connectivity index (χ2v) is 3.39. The molecular weight excluding hydrogens is 202 g/mol. The Bertz CT molecular complexity index is 492. The predicted octanol–water partition coefficient (Wildman–Crippen LogP) is 1.51. The summed E-state index contributed by atoms with van der Waals surface area (Å²) in [4.78, 5) is 19.1. The summed E-state index contributed by atoms with van der Waals surface area (Å²) in [5, 5.41) is 0.461. The molecule has 0 saturated carbocycles. The Morgan fingerprint density at radius 1 is 1.64 bits per heavy atom. The molecule has 2 rings (SSSR count). The van der Waals surface area contributed by atoms with Gasteiger partial charge < -0.3 is 0 Å². The fraction of sp³-hybridized carbons (Fsp3) is 0.222. The topological polar surface area (TPSA) is 47.3 Å². The maximum Gasteiger partial charge on any atom is 0.140 e. The van der Waals surface area contributed by atoms with Gasteiger partial charge in [0.15, 0.2) is 0 Å². The molecule has 72 valence electrons. The number of imidazole rings is 1. The molecule has 4 nitrogen and oxygen atoms in total. The molecule has 0 radical (unpaired) electrons. The lowest BCUT2D eigenvalue weighted by Gasteiger charge is -1.92. The van der Waals surface area contributed by atoms with Gasteiger partial charge in [-0.15, -0.1) is 0 Å². The van der Waals surface area contributed by atoms with E-state index in [1.807, 2.05) is 0 Å². The summed E-state index contributed by atoms with van der Waals surface area (Å²) in [6.07, 6.45) is 3.48. The first-order valence-electron chi connectivity index (χ1n) is 4.14. The van der Waals surface area contributed by atoms with Gasteiger partial charge in [-0.05, 0) is 13.0 Å². The van der Waals surface area contributed by atoms with Gasteiger partial charge in [0.05, 0.1) is 12.1 Å². The molecule has 2 aromatic heterocycles. The van der Waals surface area contributed by atoms with E-state index in [0.29, 0.717) is 16.5 Å². The van der Waals surface area contributed by atoms with Crippen molar-refractivity contribution in [2.45, 2.75) is 13.3 Å². The maximum absolute atomic E-state index is 10.9. The molecule has 0 bridgehead atoms. The summed E-state index contributed by atoms with van der Waals surface area (Å²) >= 11 is 6.01. The minimum atomic E-state index is 0.0447. The van der Waals surface area contributed by atoms with E-state index in [2.05, 4.69) is 9.97 Å². The smallest absolute Gasteiger partial charge is 0.140 e. The van der Waals surface area contributed by atoms with Crippen LogP contribution in [0.3, 0.4) is 0 Å². The number of carbonyl (C=O) groups is 1. The average Bonchev–Trinajstić information content (AvgIpc) is 2.44. The third kappa shape index (κ3) is 1.48. The summed E-state index contributed by atoms with van der Waals surface area (Å²) in [7, 11) is 0. The monoisotopic (exact) mass is 209 g/mol. The third-order valence-corrected chi connectivity index (χ3v) is 2.25. The fourth-order valence-electron chi connectivity index (χ4n) is 1.27. The zero-order valence-electron chi connectivity index (χ0n) is 7.57. The van der Waals surface area contributed by atoms with Crippen LogP contribution in [0.15, 0.2) is 18.6 Å². The van der Waals surface area contributed by atoms with Crippen molar-refractivity contribution in [3.05, 3.63) is 29.4 Å². The van der Waals surface area contributed by atoms with E-state index >= 15 is 0 Å². The Kier molecular flexibility index (Phi) is 2.21. The number of hydrogen-bond acceptors (Lipinski definition) is 3. The van der Waals surface area contributed by atoms with Gasteiger partial charge in [0.25, 0.3) is 0 Å². The number of Topliss-reactive ketones (excluding diaryl/α,β-unsaturated/α-hetero) is 1. The zero-order chi connectivity index (χ0) is 10.1. The number of halogens is 1. The summed E-state index contributed by atoms with van der Waals surface area (Å²) in [6.45, 7) is 1.51. The molecule has 0 saturated heterocycles. The molecule has 0 aliphatic heterocycles. The second-order valence-electron chi connectivity index (χ2n) is 3.04. The first-order chi connectivity index (χ1) is 6.68. The van der Waals surface area contributed by atoms with Gasteiger partial charge in [-0.25, -0.2) is 9.97 Å². The van der Waals surface area contributed by atoms with Crippen molar-refractivity contribution in [3.63, 3.8) is 0 Å². The molecular formula is C9H8ClN3O. The highest BCUT2D eigenvalue weighted by Gasteiger charge is 2.10. The summed E-state index contributed by atoms with van der Waals surface area (Å²) in [5.41, 5.74) is 1.31. The van der Waals surface area contributed by atoms with Crippen molar-refractivity contribution in [1.29, 1.82) is 0 Å². The molecule has 0 amide bonds.